The fraction of sp³-hybridized carbons (Fsp3) is 0.938. The summed E-state index contributed by atoms with van der Waals surface area (Å²) in [4.78, 5) is 15.4. The number of nitrogens with one attached hydrogen (secondary N) is 2. The highest BCUT2D eigenvalue weighted by molar-refractivity contribution is 5.87. The zero-order valence-corrected chi connectivity index (χ0v) is 12.8. The minimum absolute atomic E-state index is 0.267. The van der Waals surface area contributed by atoms with Gasteiger partial charge >= 0.3 is 0 Å². The van der Waals surface area contributed by atoms with E-state index in [4.69, 9.17) is 0 Å². The predicted octanol–water partition coefficient (Wildman–Crippen LogP) is 1.65. The molecule has 0 aliphatic carbocycles. The molecule has 0 spiro atoms. The largest absolute Gasteiger partial charge is 0.350 e. The minimum Gasteiger partial charge on any atom is -0.350 e. The van der Waals surface area contributed by atoms with Gasteiger partial charge in [0.15, 0.2) is 0 Å². The van der Waals surface area contributed by atoms with Gasteiger partial charge in [0.1, 0.15) is 0 Å². The molecule has 2 N–H and O–H groups in total. The van der Waals surface area contributed by atoms with Crippen molar-refractivity contribution >= 4 is 5.91 Å². The average Bonchev–Trinajstić information content (AvgIpc) is 3.08. The molecule has 0 saturated carbocycles. The van der Waals surface area contributed by atoms with Crippen LogP contribution in [-0.2, 0) is 4.79 Å². The van der Waals surface area contributed by atoms with Crippen LogP contribution in [0.5, 0.6) is 0 Å². The Labute approximate surface area is 122 Å². The first-order chi connectivity index (χ1) is 9.75. The Balaban J connectivity index is 1.63. The predicted molar refractivity (Wildman–Crippen MR) is 80.6 cm³/mol. The number of hydrogen-bond acceptors (Lipinski definition) is 3. The van der Waals surface area contributed by atoms with Gasteiger partial charge in [0.05, 0.1) is 5.54 Å². The van der Waals surface area contributed by atoms with Gasteiger partial charge in [0.2, 0.25) is 5.91 Å². The number of nitrogens with zero attached hydrogens (tertiary/aromatic N) is 1. The fourth-order valence-corrected chi connectivity index (χ4v) is 4.48. The Bertz CT molecular complexity index is 352. The molecule has 3 aliphatic rings. The second-order valence-electron chi connectivity index (χ2n) is 6.83. The van der Waals surface area contributed by atoms with Crippen LogP contribution in [0.25, 0.3) is 0 Å². The SMILES string of the molecule is CCCC1(C(=O)NC2CCN3CCCCC23)CCCN1. The summed E-state index contributed by atoms with van der Waals surface area (Å²) < 4.78 is 0. The van der Waals surface area contributed by atoms with Crippen LogP contribution < -0.4 is 10.6 Å². The van der Waals surface area contributed by atoms with Crippen molar-refractivity contribution in [3.8, 4) is 0 Å². The molecule has 3 heterocycles. The van der Waals surface area contributed by atoms with Crippen molar-refractivity contribution in [1.82, 2.24) is 15.5 Å². The second-order valence-corrected chi connectivity index (χ2v) is 6.83. The molecule has 3 unspecified atom stereocenters. The third-order valence-corrected chi connectivity index (χ3v) is 5.53. The molecule has 3 fully saturated rings. The smallest absolute Gasteiger partial charge is 0.240 e. The highest BCUT2D eigenvalue weighted by atomic mass is 16.2. The summed E-state index contributed by atoms with van der Waals surface area (Å²) in [7, 11) is 0. The molecular weight excluding hydrogens is 250 g/mol. The molecule has 3 atom stereocenters. The van der Waals surface area contributed by atoms with E-state index in [9.17, 15) is 4.79 Å². The third-order valence-electron chi connectivity index (χ3n) is 5.53. The number of carbonyl (C=O) groups is 1. The number of piperidine rings is 1. The summed E-state index contributed by atoms with van der Waals surface area (Å²) >= 11 is 0. The van der Waals surface area contributed by atoms with Crippen LogP contribution >= 0.6 is 0 Å². The lowest BCUT2D eigenvalue weighted by molar-refractivity contribution is -0.128. The first-order valence-electron chi connectivity index (χ1n) is 8.55. The van der Waals surface area contributed by atoms with Crippen molar-refractivity contribution in [3.63, 3.8) is 0 Å². The maximum Gasteiger partial charge on any atom is 0.240 e. The molecule has 0 radical (unpaired) electrons. The summed E-state index contributed by atoms with van der Waals surface area (Å²) in [5.74, 6) is 0.272. The Morgan fingerprint density at radius 1 is 1.30 bits per heavy atom. The van der Waals surface area contributed by atoms with Crippen molar-refractivity contribution in [1.29, 1.82) is 0 Å². The van der Waals surface area contributed by atoms with Gasteiger partial charge in [-0.1, -0.05) is 19.8 Å². The van der Waals surface area contributed by atoms with Crippen LogP contribution in [0, 0.1) is 0 Å². The van der Waals surface area contributed by atoms with E-state index in [2.05, 4.69) is 22.5 Å². The van der Waals surface area contributed by atoms with Crippen molar-refractivity contribution in [2.75, 3.05) is 19.6 Å². The van der Waals surface area contributed by atoms with Crippen LogP contribution in [0.1, 0.15) is 58.3 Å². The molecule has 0 aromatic heterocycles. The number of hydrogen-bond donors (Lipinski definition) is 2. The Kier molecular flexibility index (Phi) is 4.32. The molecule has 0 aromatic rings. The van der Waals surface area contributed by atoms with Crippen molar-refractivity contribution in [3.05, 3.63) is 0 Å². The first kappa shape index (κ1) is 14.3. The summed E-state index contributed by atoms with van der Waals surface area (Å²) in [6.07, 6.45) is 9.24. The summed E-state index contributed by atoms with van der Waals surface area (Å²) in [5, 5.41) is 6.89. The van der Waals surface area contributed by atoms with E-state index in [0.717, 1.165) is 38.6 Å². The lowest BCUT2D eigenvalue weighted by Gasteiger charge is -2.35. The summed E-state index contributed by atoms with van der Waals surface area (Å²) in [5.41, 5.74) is -0.267. The highest BCUT2D eigenvalue weighted by Crippen LogP contribution is 2.29. The van der Waals surface area contributed by atoms with E-state index >= 15 is 0 Å². The number of carbonyl (C=O) groups excluding carboxylic acids is 1. The molecule has 4 heteroatoms. The van der Waals surface area contributed by atoms with Gasteiger partial charge in [-0.05, 0) is 51.6 Å². The zero-order valence-electron chi connectivity index (χ0n) is 12.8. The van der Waals surface area contributed by atoms with Gasteiger partial charge in [-0.15, -0.1) is 0 Å². The molecule has 0 aromatic carbocycles. The van der Waals surface area contributed by atoms with Crippen LogP contribution in [0.3, 0.4) is 0 Å². The fourth-order valence-electron chi connectivity index (χ4n) is 4.48. The van der Waals surface area contributed by atoms with Gasteiger partial charge < -0.3 is 10.6 Å². The average molecular weight is 279 g/mol. The minimum atomic E-state index is -0.267. The first-order valence-corrected chi connectivity index (χ1v) is 8.55. The standard InChI is InChI=1S/C16H29N3O/c1-2-8-16(9-5-10-17-16)15(20)18-13-7-12-19-11-4-3-6-14(13)19/h13-14,17H,2-12H2,1H3,(H,18,20). The van der Waals surface area contributed by atoms with Crippen LogP contribution in [0.4, 0.5) is 0 Å². The van der Waals surface area contributed by atoms with Gasteiger partial charge in [-0.2, -0.15) is 0 Å². The van der Waals surface area contributed by atoms with Gasteiger partial charge in [-0.3, -0.25) is 9.69 Å². The zero-order chi connectivity index (χ0) is 14.0. The molecule has 114 valence electrons. The molecule has 3 saturated heterocycles. The molecule has 0 bridgehead atoms. The summed E-state index contributed by atoms with van der Waals surface area (Å²) in [6.45, 7) is 5.57. The molecular formula is C16H29N3O. The van der Waals surface area contributed by atoms with E-state index < -0.39 is 0 Å². The van der Waals surface area contributed by atoms with E-state index in [1.807, 2.05) is 0 Å². The normalized spacial score (nSPS) is 37.9. The van der Waals surface area contributed by atoms with Gasteiger partial charge in [0, 0.05) is 18.6 Å². The number of amides is 1. The number of fused-ring (bicyclic) bond motifs is 1. The van der Waals surface area contributed by atoms with E-state index in [-0.39, 0.29) is 11.4 Å². The Hall–Kier alpha value is -0.610. The molecule has 1 amide bonds. The van der Waals surface area contributed by atoms with Crippen LogP contribution in [0.15, 0.2) is 0 Å². The Morgan fingerprint density at radius 2 is 2.20 bits per heavy atom. The molecule has 3 aliphatic heterocycles. The lowest BCUT2D eigenvalue weighted by Crippen LogP contribution is -2.57. The van der Waals surface area contributed by atoms with Crippen LogP contribution in [-0.4, -0.2) is 48.1 Å². The van der Waals surface area contributed by atoms with Crippen LogP contribution in [0.2, 0.25) is 0 Å². The molecule has 20 heavy (non-hydrogen) atoms. The molecule has 3 rings (SSSR count). The van der Waals surface area contributed by atoms with Crippen molar-refractivity contribution in [2.45, 2.75) is 75.9 Å². The maximum absolute atomic E-state index is 12.8. The molecule has 4 nitrogen and oxygen atoms in total. The topological polar surface area (TPSA) is 44.4 Å². The quantitative estimate of drug-likeness (QED) is 0.822. The van der Waals surface area contributed by atoms with Gasteiger partial charge in [0.25, 0.3) is 0 Å². The van der Waals surface area contributed by atoms with E-state index in [1.54, 1.807) is 0 Å². The van der Waals surface area contributed by atoms with Crippen molar-refractivity contribution in [2.24, 2.45) is 0 Å². The second kappa shape index (κ2) is 6.02. The van der Waals surface area contributed by atoms with Crippen molar-refractivity contribution < 1.29 is 4.79 Å². The van der Waals surface area contributed by atoms with E-state index in [1.165, 1.54) is 32.4 Å². The number of rotatable bonds is 4. The highest BCUT2D eigenvalue weighted by Gasteiger charge is 2.43. The monoisotopic (exact) mass is 279 g/mol. The maximum atomic E-state index is 12.8. The lowest BCUT2D eigenvalue weighted by atomic mass is 9.89. The van der Waals surface area contributed by atoms with E-state index in [0.29, 0.717) is 12.1 Å². The summed E-state index contributed by atoms with van der Waals surface area (Å²) in [6, 6.07) is 0.992. The Morgan fingerprint density at radius 3 is 2.95 bits per heavy atom. The van der Waals surface area contributed by atoms with Gasteiger partial charge in [-0.25, -0.2) is 0 Å². The third kappa shape index (κ3) is 2.60.